The summed E-state index contributed by atoms with van der Waals surface area (Å²) in [5, 5.41) is 26.2. The van der Waals surface area contributed by atoms with E-state index >= 15 is 0 Å². The molecular weight excluding hydrogens is 1880 g/mol. The number of nitrogens with one attached hydrogen (secondary N) is 4. The lowest BCUT2D eigenvalue weighted by Crippen LogP contribution is -3.00. The summed E-state index contributed by atoms with van der Waals surface area (Å²) >= 11 is 21.3. The number of thioether (sulfide) groups is 8. The van der Waals surface area contributed by atoms with Gasteiger partial charge in [0.25, 0.3) is 10.5 Å². The summed E-state index contributed by atoms with van der Waals surface area (Å²) in [4.78, 5) is 97.7. The van der Waals surface area contributed by atoms with Gasteiger partial charge in [-0.05, 0) is 156 Å². The van der Waals surface area contributed by atoms with E-state index in [1.807, 2.05) is 117 Å². The number of hydrogen-bond donors (Lipinski definition) is 7. The van der Waals surface area contributed by atoms with Gasteiger partial charge in [-0.15, -0.1) is 70.1 Å². The second-order valence-corrected chi connectivity index (χ2v) is 41.5. The van der Waals surface area contributed by atoms with Gasteiger partial charge in [0, 0.05) is 99.2 Å². The van der Waals surface area contributed by atoms with Crippen molar-refractivity contribution in [3.8, 4) is 34.5 Å². The first-order valence-electron chi connectivity index (χ1n) is 37.2. The van der Waals surface area contributed by atoms with E-state index in [1.165, 1.54) is 61.3 Å². The first-order valence-corrected chi connectivity index (χ1v) is 49.5. The smallest absolute Gasteiger partial charge is 1.00 e. The first-order chi connectivity index (χ1) is 55.7. The number of carbonyl (C=O) groups is 8. The summed E-state index contributed by atoms with van der Waals surface area (Å²) in [6, 6.07) is 39.4. The number of benzene rings is 6. The van der Waals surface area contributed by atoms with Crippen molar-refractivity contribution in [2.24, 2.45) is 11.5 Å². The van der Waals surface area contributed by atoms with Gasteiger partial charge < -0.3 is 82.2 Å². The lowest BCUT2D eigenvalue weighted by Gasteiger charge is -2.16. The van der Waals surface area contributed by atoms with Crippen LogP contribution < -0.4 is 68.1 Å². The van der Waals surface area contributed by atoms with Crippen LogP contribution in [-0.2, 0) is 49.4 Å². The Hall–Kier alpha value is -6.46. The maximum Gasteiger partial charge on any atom is 1.00 e. The molecule has 8 aliphatic rings. The van der Waals surface area contributed by atoms with Crippen LogP contribution in [0.5, 0.6) is 34.5 Å². The average molecular weight is 1990 g/mol. The summed E-state index contributed by atoms with van der Waals surface area (Å²) in [7, 11) is 8.09. The second kappa shape index (κ2) is 53.0. The lowest BCUT2D eigenvalue weighted by molar-refractivity contribution is -0.144. The second-order valence-electron chi connectivity index (χ2n) is 26.3. The number of esters is 3. The highest BCUT2D eigenvalue weighted by Gasteiger charge is 2.44. The van der Waals surface area contributed by atoms with Crippen LogP contribution >= 0.6 is 134 Å². The number of thiocarbonyl (C=S) groups is 1. The van der Waals surface area contributed by atoms with Gasteiger partial charge in [-0.1, -0.05) is 135 Å². The zero-order valence-corrected chi connectivity index (χ0v) is 79.3. The molecular formula is C83H112Br2N6O18S10Si. The number of carbonyl (C=O) groups excluding carboxylic acids is 8. The Kier molecular flexibility index (Phi) is 46.8. The van der Waals surface area contributed by atoms with Crippen LogP contribution in [-0.4, -0.2) is 180 Å². The van der Waals surface area contributed by atoms with Crippen LogP contribution in [0.25, 0.3) is 10.1 Å². The van der Waals surface area contributed by atoms with Crippen molar-refractivity contribution in [2.45, 2.75) is 162 Å². The van der Waals surface area contributed by atoms with Gasteiger partial charge in [-0.25, -0.2) is 0 Å². The third-order valence-corrected chi connectivity index (χ3v) is 33.9. The maximum absolute atomic E-state index is 11.8. The molecule has 3 fully saturated rings. The Labute approximate surface area is 773 Å². The topological polar surface area (TPSA) is 373 Å². The molecule has 37 heteroatoms. The van der Waals surface area contributed by atoms with Gasteiger partial charge in [0.1, 0.15) is 49.8 Å². The molecule has 9 heterocycles. The highest BCUT2D eigenvalue weighted by atomic mass is 79.9. The zero-order chi connectivity index (χ0) is 84.3. The SMILES string of the molecule is C.C.CCOC(=O)C(Br)C1CSc2cc(OC)ccc21.CCOC(=O)CC1CSc2cc(OC)ccc21.CCOC(=O)Cc1csc2cc(OC)ccc12.CC[SiH](CC)CC.COc1ccc2c(c1)SCC2C1SC(=N)NC1=O.COc1ccc2c(c1)SCC2C1SC(=O)NC1=O.NC(N)=S.O=C1NC(=O)C(C2CSc3cc(O)ccc32)S1.[Br-].[H+].[H+].[HH].[HH].[OH-]. The number of nitrogens with two attached hydrogens (primary N) is 2. The molecule has 15 rings (SSSR count). The fourth-order valence-corrected chi connectivity index (χ4v) is 26.5. The van der Waals surface area contributed by atoms with Crippen LogP contribution in [0.4, 0.5) is 9.59 Å². The largest absolute Gasteiger partial charge is 1.00 e. The number of amides is 5. The first kappa shape index (κ1) is 106. The lowest BCUT2D eigenvalue weighted by atomic mass is 9.97. The molecule has 6 aromatic carbocycles. The van der Waals surface area contributed by atoms with Crippen molar-refractivity contribution in [2.75, 3.05) is 84.1 Å². The quantitative estimate of drug-likeness (QED) is 0.0122. The summed E-state index contributed by atoms with van der Waals surface area (Å²) in [5.74, 6) is 8.67. The van der Waals surface area contributed by atoms with Gasteiger partial charge in [-0.2, -0.15) is 0 Å². The normalized spacial score (nSPS) is 19.3. The molecule has 660 valence electrons. The molecule has 1 aromatic heterocycles. The van der Waals surface area contributed by atoms with E-state index in [1.54, 1.807) is 118 Å². The van der Waals surface area contributed by atoms with Crippen molar-refractivity contribution in [3.05, 3.63) is 148 Å². The highest BCUT2D eigenvalue weighted by molar-refractivity contribution is 9.10. The van der Waals surface area contributed by atoms with Crippen LogP contribution in [0.2, 0.25) is 18.1 Å². The number of halogens is 2. The Morgan fingerprint density at radius 1 is 0.542 bits per heavy atom. The average Bonchev–Trinajstić information content (AvgIpc) is 1.64. The number of hydrogen-bond acceptors (Lipinski definition) is 29. The van der Waals surface area contributed by atoms with Crippen molar-refractivity contribution in [1.29, 1.82) is 5.41 Å². The minimum Gasteiger partial charge on any atom is -1.00 e. The molecule has 0 spiro atoms. The van der Waals surface area contributed by atoms with E-state index in [-0.39, 0.29) is 164 Å². The Bertz CT molecular complexity index is 4570. The molecule has 0 radical (unpaired) electrons. The van der Waals surface area contributed by atoms with Gasteiger partial charge in [-0.3, -0.25) is 54.4 Å². The van der Waals surface area contributed by atoms with Gasteiger partial charge in [0.05, 0.1) is 73.5 Å². The number of imide groups is 2. The monoisotopic (exact) mass is 1990 g/mol. The van der Waals surface area contributed by atoms with Crippen molar-refractivity contribution in [3.63, 3.8) is 0 Å². The Morgan fingerprint density at radius 3 is 1.33 bits per heavy atom. The number of alkyl halides is 1. The number of methoxy groups -OCH3 is 5. The van der Waals surface area contributed by atoms with Crippen LogP contribution in [0.1, 0.15) is 131 Å². The molecule has 10 N–H and O–H groups in total. The number of phenolic OH excluding ortho intramolecular Hbond substituents is 1. The van der Waals surface area contributed by atoms with E-state index in [4.69, 9.17) is 43.3 Å². The standard InChI is InChI=1S/C13H15BrO3S.C13H16O3S.C13H14O3S.C12H12N2O2S2.C12H11NO3S2.C11H9NO3S2.C6H16Si.CH4N2S.2CH4.BrH.H2O.2H2/c1-3-17-13(15)12(14)10-7-18-11-6-8(16-2)4-5-9(10)11;2*1-3-16-13(14)6-9-8-17-12-7-10(15-2)4-5-11(9)12;1-16-6-2-3-7-8(5-17-9(7)4-6)10-11(15)14-12(13)18-10;1-16-6-2-3-7-8(5-17-9(7)4-6)10-11(14)13-12(15)18-10;13-5-1-2-6-7(4-16-8(6)3-5)9-10(14)12-11(15)17-9;1-4-7(5-2)6-3;2-1(3)4;;;;;;/h4-6,10,12H,3,7H2,1-2H3;4-5,7,9H,3,6,8H2,1-2H3;4-5,7-8H,3,6H2,1-2H3;2-4,8,10H,5H2,1H3,(H2,13,14,15);2-4,8,10H,5H2,1H3,(H,13,14,15);1-3,7,9,13H,4H2,(H,12,14,15);7H,4-6H2,1-3H3;(H4,2,3,4);2*1H4;1H;1H2;2*1H. The van der Waals surface area contributed by atoms with E-state index in [9.17, 15) is 43.5 Å². The fraction of sp³-hybridized carbons (Fsp3) is 0.422. The fourth-order valence-electron chi connectivity index (χ4n) is 13.1. The molecule has 3 saturated heterocycles. The predicted octanol–water partition coefficient (Wildman–Crippen LogP) is 15.6. The van der Waals surface area contributed by atoms with Crippen LogP contribution in [0.15, 0.2) is 139 Å². The molecule has 0 bridgehead atoms. The molecule has 24 nitrogen and oxygen atoms in total. The van der Waals surface area contributed by atoms with Crippen molar-refractivity contribution < 1.29 is 110 Å². The summed E-state index contributed by atoms with van der Waals surface area (Å²) in [6.07, 6.45) is 0.806. The molecule has 7 aromatic rings. The number of thiophene rings is 1. The van der Waals surface area contributed by atoms with Crippen molar-refractivity contribution in [1.82, 2.24) is 16.0 Å². The van der Waals surface area contributed by atoms with Crippen LogP contribution in [0, 0.1) is 5.41 Å². The molecule has 8 aliphatic heterocycles. The molecule has 9 unspecified atom stereocenters. The number of aromatic hydroxyl groups is 1. The number of fused-ring (bicyclic) bond motifs is 6. The molecule has 0 aliphatic carbocycles. The number of rotatable bonds is 20. The third kappa shape index (κ3) is 29.6. The van der Waals surface area contributed by atoms with E-state index in [0.29, 0.717) is 32.7 Å². The highest BCUT2D eigenvalue weighted by Crippen LogP contribution is 2.51. The molecule has 9 atom stereocenters. The van der Waals surface area contributed by atoms with E-state index < -0.39 is 0 Å². The van der Waals surface area contributed by atoms with E-state index in [2.05, 4.69) is 82.4 Å². The predicted molar refractivity (Wildman–Crippen MR) is 505 cm³/mol. The molecule has 0 saturated carbocycles. The van der Waals surface area contributed by atoms with E-state index in [0.717, 1.165) is 118 Å². The molecule has 5 amide bonds. The summed E-state index contributed by atoms with van der Waals surface area (Å²) in [6.45, 7) is 13.7. The summed E-state index contributed by atoms with van der Waals surface area (Å²) in [5.41, 5.74) is 16.1. The van der Waals surface area contributed by atoms with Gasteiger partial charge in [0.2, 0.25) is 17.7 Å². The number of amidine groups is 1. The van der Waals surface area contributed by atoms with Gasteiger partial charge >= 0.3 is 20.8 Å². The zero-order valence-electron chi connectivity index (χ0n) is 68.9. The maximum atomic E-state index is 11.8. The summed E-state index contributed by atoms with van der Waals surface area (Å²) < 4.78 is 42.1. The third-order valence-electron chi connectivity index (χ3n) is 19.1. The number of phenols is 1. The van der Waals surface area contributed by atoms with Crippen LogP contribution in [0.3, 0.4) is 0 Å². The minimum absolute atomic E-state index is 0. The number of ether oxygens (including phenoxy) is 8. The van der Waals surface area contributed by atoms with Crippen molar-refractivity contribution >= 4 is 209 Å². The van der Waals surface area contributed by atoms with Gasteiger partial charge in [0.15, 0.2) is 10.3 Å². The Morgan fingerprint density at radius 2 is 0.917 bits per heavy atom. The molecule has 120 heavy (non-hydrogen) atoms. The Balaban J connectivity index is 0.00000141. The minimum atomic E-state index is -0.333.